The van der Waals surface area contributed by atoms with Gasteiger partial charge in [-0.1, -0.05) is 6.07 Å². The molecular weight excluding hydrogens is 238 g/mol. The van der Waals surface area contributed by atoms with Gasteiger partial charge in [0.2, 0.25) is 0 Å². The van der Waals surface area contributed by atoms with E-state index in [-0.39, 0.29) is 0 Å². The molecule has 0 aliphatic carbocycles. The third kappa shape index (κ3) is 5.27. The molecule has 106 valence electrons. The van der Waals surface area contributed by atoms with Crippen molar-refractivity contribution in [3.8, 4) is 0 Å². The standard InChI is InChI=1S/C15H25N3O/c1-2-19-15-6-4-9-18(13-15)10-8-17-12-14-5-3-7-16-11-14/h3,5,7,11,15,17H,2,4,6,8-10,12-13H2,1H3. The first kappa shape index (κ1) is 14.4. The van der Waals surface area contributed by atoms with Gasteiger partial charge in [-0.25, -0.2) is 0 Å². The molecule has 0 aromatic carbocycles. The summed E-state index contributed by atoms with van der Waals surface area (Å²) >= 11 is 0. The zero-order valence-electron chi connectivity index (χ0n) is 11.8. The Kier molecular flexibility index (Phi) is 6.27. The lowest BCUT2D eigenvalue weighted by Gasteiger charge is -2.32. The molecule has 2 heterocycles. The molecule has 0 saturated carbocycles. The lowest BCUT2D eigenvalue weighted by Crippen LogP contribution is -2.42. The quantitative estimate of drug-likeness (QED) is 0.759. The molecule has 0 amide bonds. The van der Waals surface area contributed by atoms with E-state index < -0.39 is 0 Å². The van der Waals surface area contributed by atoms with Crippen LogP contribution in [0.5, 0.6) is 0 Å². The van der Waals surface area contributed by atoms with Gasteiger partial charge in [-0.3, -0.25) is 9.88 Å². The molecule has 1 N–H and O–H groups in total. The summed E-state index contributed by atoms with van der Waals surface area (Å²) in [6.45, 7) is 8.22. The van der Waals surface area contributed by atoms with Crippen LogP contribution in [0, 0.1) is 0 Å². The molecule has 0 spiro atoms. The van der Waals surface area contributed by atoms with E-state index in [0.29, 0.717) is 6.10 Å². The molecule has 0 bridgehead atoms. The monoisotopic (exact) mass is 263 g/mol. The molecule has 1 aromatic heterocycles. The predicted molar refractivity (Wildman–Crippen MR) is 77.0 cm³/mol. The molecule has 1 aliphatic rings. The molecule has 1 atom stereocenters. The Morgan fingerprint density at radius 2 is 2.47 bits per heavy atom. The van der Waals surface area contributed by atoms with Crippen LogP contribution < -0.4 is 5.32 Å². The van der Waals surface area contributed by atoms with E-state index in [9.17, 15) is 0 Å². The highest BCUT2D eigenvalue weighted by atomic mass is 16.5. The number of hydrogen-bond acceptors (Lipinski definition) is 4. The number of aromatic nitrogens is 1. The van der Waals surface area contributed by atoms with E-state index in [1.807, 2.05) is 18.5 Å². The summed E-state index contributed by atoms with van der Waals surface area (Å²) in [6.07, 6.45) is 6.64. The summed E-state index contributed by atoms with van der Waals surface area (Å²) in [4.78, 5) is 6.62. The van der Waals surface area contributed by atoms with Crippen LogP contribution in [0.25, 0.3) is 0 Å². The van der Waals surface area contributed by atoms with Crippen molar-refractivity contribution in [2.24, 2.45) is 0 Å². The number of ether oxygens (including phenoxy) is 1. The van der Waals surface area contributed by atoms with E-state index in [4.69, 9.17) is 4.74 Å². The number of nitrogens with zero attached hydrogens (tertiary/aromatic N) is 2. The Morgan fingerprint density at radius 1 is 1.53 bits per heavy atom. The molecule has 1 aliphatic heterocycles. The predicted octanol–water partition coefficient (Wildman–Crippen LogP) is 1.67. The van der Waals surface area contributed by atoms with E-state index in [1.165, 1.54) is 24.9 Å². The van der Waals surface area contributed by atoms with Gasteiger partial charge in [-0.15, -0.1) is 0 Å². The van der Waals surface area contributed by atoms with Crippen LogP contribution in [-0.2, 0) is 11.3 Å². The van der Waals surface area contributed by atoms with Gasteiger partial charge in [0.05, 0.1) is 6.10 Å². The van der Waals surface area contributed by atoms with E-state index in [0.717, 1.165) is 32.8 Å². The largest absolute Gasteiger partial charge is 0.377 e. The van der Waals surface area contributed by atoms with Crippen molar-refractivity contribution in [3.63, 3.8) is 0 Å². The minimum absolute atomic E-state index is 0.442. The molecule has 4 nitrogen and oxygen atoms in total. The van der Waals surface area contributed by atoms with Crippen molar-refractivity contribution in [1.29, 1.82) is 0 Å². The summed E-state index contributed by atoms with van der Waals surface area (Å²) in [5.41, 5.74) is 1.24. The first-order valence-corrected chi connectivity index (χ1v) is 7.32. The fraction of sp³-hybridized carbons (Fsp3) is 0.667. The van der Waals surface area contributed by atoms with E-state index >= 15 is 0 Å². The topological polar surface area (TPSA) is 37.4 Å². The zero-order valence-corrected chi connectivity index (χ0v) is 11.8. The fourth-order valence-corrected chi connectivity index (χ4v) is 2.56. The van der Waals surface area contributed by atoms with Gasteiger partial charge < -0.3 is 10.1 Å². The zero-order chi connectivity index (χ0) is 13.3. The van der Waals surface area contributed by atoms with Gasteiger partial charge in [0.25, 0.3) is 0 Å². The number of hydrogen-bond donors (Lipinski definition) is 1. The van der Waals surface area contributed by atoms with Gasteiger partial charge in [0, 0.05) is 45.2 Å². The number of likely N-dealkylation sites (tertiary alicyclic amines) is 1. The Balaban J connectivity index is 1.60. The summed E-state index contributed by atoms with van der Waals surface area (Å²) < 4.78 is 5.72. The van der Waals surface area contributed by atoms with Gasteiger partial charge in [-0.05, 0) is 37.9 Å². The van der Waals surface area contributed by atoms with Gasteiger partial charge in [0.15, 0.2) is 0 Å². The molecular formula is C15H25N3O. The third-order valence-electron chi connectivity index (χ3n) is 3.52. The van der Waals surface area contributed by atoms with Crippen LogP contribution in [0.15, 0.2) is 24.5 Å². The van der Waals surface area contributed by atoms with Crippen molar-refractivity contribution < 1.29 is 4.74 Å². The summed E-state index contributed by atoms with van der Waals surface area (Å²) in [5.74, 6) is 0. The number of pyridine rings is 1. The Hall–Kier alpha value is -0.970. The highest BCUT2D eigenvalue weighted by Crippen LogP contribution is 2.12. The lowest BCUT2D eigenvalue weighted by molar-refractivity contribution is 0.00635. The highest BCUT2D eigenvalue weighted by molar-refractivity contribution is 5.07. The minimum Gasteiger partial charge on any atom is -0.377 e. The summed E-state index contributed by atoms with van der Waals surface area (Å²) in [7, 11) is 0. The Labute approximate surface area is 116 Å². The smallest absolute Gasteiger partial charge is 0.0702 e. The van der Waals surface area contributed by atoms with Gasteiger partial charge in [-0.2, -0.15) is 0 Å². The molecule has 19 heavy (non-hydrogen) atoms. The van der Waals surface area contributed by atoms with Crippen molar-refractivity contribution in [1.82, 2.24) is 15.2 Å². The van der Waals surface area contributed by atoms with Crippen LogP contribution in [-0.4, -0.2) is 48.8 Å². The lowest BCUT2D eigenvalue weighted by atomic mass is 10.1. The normalized spacial score (nSPS) is 20.6. The van der Waals surface area contributed by atoms with Crippen molar-refractivity contribution in [2.45, 2.75) is 32.4 Å². The van der Waals surface area contributed by atoms with E-state index in [1.54, 1.807) is 0 Å². The fourth-order valence-electron chi connectivity index (χ4n) is 2.56. The summed E-state index contributed by atoms with van der Waals surface area (Å²) in [6, 6.07) is 4.08. The van der Waals surface area contributed by atoms with Crippen LogP contribution in [0.3, 0.4) is 0 Å². The van der Waals surface area contributed by atoms with Gasteiger partial charge >= 0.3 is 0 Å². The van der Waals surface area contributed by atoms with Gasteiger partial charge in [0.1, 0.15) is 0 Å². The first-order chi connectivity index (χ1) is 9.38. The average molecular weight is 263 g/mol. The van der Waals surface area contributed by atoms with Crippen molar-refractivity contribution >= 4 is 0 Å². The number of nitrogens with one attached hydrogen (secondary N) is 1. The minimum atomic E-state index is 0.442. The number of rotatable bonds is 7. The Bertz CT molecular complexity index is 343. The first-order valence-electron chi connectivity index (χ1n) is 7.32. The number of piperidine rings is 1. The SMILES string of the molecule is CCOC1CCCN(CCNCc2cccnc2)C1. The molecule has 1 unspecified atom stereocenters. The van der Waals surface area contributed by atoms with Crippen LogP contribution in [0.4, 0.5) is 0 Å². The summed E-state index contributed by atoms with van der Waals surface area (Å²) in [5, 5.41) is 3.47. The second-order valence-electron chi connectivity index (χ2n) is 5.06. The second-order valence-corrected chi connectivity index (χ2v) is 5.06. The second kappa shape index (κ2) is 8.25. The highest BCUT2D eigenvalue weighted by Gasteiger charge is 2.19. The average Bonchev–Trinajstić information content (AvgIpc) is 2.46. The third-order valence-corrected chi connectivity index (χ3v) is 3.52. The van der Waals surface area contributed by atoms with Crippen LogP contribution >= 0.6 is 0 Å². The maximum Gasteiger partial charge on any atom is 0.0702 e. The van der Waals surface area contributed by atoms with Crippen LogP contribution in [0.2, 0.25) is 0 Å². The molecule has 2 rings (SSSR count). The maximum atomic E-state index is 5.72. The molecule has 1 saturated heterocycles. The molecule has 1 fully saturated rings. The van der Waals surface area contributed by atoms with Crippen molar-refractivity contribution in [2.75, 3.05) is 32.8 Å². The molecule has 4 heteroatoms. The maximum absolute atomic E-state index is 5.72. The van der Waals surface area contributed by atoms with Crippen LogP contribution in [0.1, 0.15) is 25.3 Å². The van der Waals surface area contributed by atoms with E-state index in [2.05, 4.69) is 28.2 Å². The molecule has 1 aromatic rings. The molecule has 0 radical (unpaired) electrons. The van der Waals surface area contributed by atoms with Crippen molar-refractivity contribution in [3.05, 3.63) is 30.1 Å². The Morgan fingerprint density at radius 3 is 3.26 bits per heavy atom.